The van der Waals surface area contributed by atoms with E-state index in [2.05, 4.69) is 0 Å². The molecule has 0 N–H and O–H groups in total. The standard InChI is InChI=1S/C30H28FN3O4S/c1-2-38-30(37)33-17-15-32(16-18-33)28(35)23-11-7-21(8-12-23)19-27-29(36)34(20-22-9-13-24(31)14-10-22)25-5-3-4-6-26(25)39-27/h3-14,19H,2,15-18,20H2,1H3/b27-19-. The smallest absolute Gasteiger partial charge is 0.409 e. The van der Waals surface area contributed by atoms with Crippen LogP contribution in [0.25, 0.3) is 6.08 Å². The Kier molecular flexibility index (Phi) is 7.97. The van der Waals surface area contributed by atoms with E-state index in [0.717, 1.165) is 21.7 Å². The number of benzene rings is 3. The van der Waals surface area contributed by atoms with Gasteiger partial charge in [-0.3, -0.25) is 9.59 Å². The first-order valence-corrected chi connectivity index (χ1v) is 13.6. The number of nitrogens with zero attached hydrogens (tertiary/aromatic N) is 3. The summed E-state index contributed by atoms with van der Waals surface area (Å²) in [4.78, 5) is 45.0. The SMILES string of the molecule is CCOC(=O)N1CCN(C(=O)c2ccc(/C=C3\Sc4ccccc4N(Cc4ccc(F)cc4)C3=O)cc2)CC1. The summed E-state index contributed by atoms with van der Waals surface area (Å²) in [6, 6.07) is 21.0. The third-order valence-corrected chi connectivity index (χ3v) is 7.71. The molecule has 1 saturated heterocycles. The van der Waals surface area contributed by atoms with Gasteiger partial charge >= 0.3 is 6.09 Å². The molecule has 0 radical (unpaired) electrons. The lowest BCUT2D eigenvalue weighted by atomic mass is 10.1. The molecule has 0 saturated carbocycles. The molecule has 2 aliphatic heterocycles. The highest BCUT2D eigenvalue weighted by molar-refractivity contribution is 8.04. The van der Waals surface area contributed by atoms with Gasteiger partial charge in [-0.15, -0.1) is 0 Å². The van der Waals surface area contributed by atoms with E-state index < -0.39 is 0 Å². The zero-order valence-electron chi connectivity index (χ0n) is 21.5. The molecule has 2 heterocycles. The van der Waals surface area contributed by atoms with E-state index in [9.17, 15) is 18.8 Å². The van der Waals surface area contributed by atoms with Crippen molar-refractivity contribution in [3.8, 4) is 0 Å². The summed E-state index contributed by atoms with van der Waals surface area (Å²) in [6.45, 7) is 4.17. The fraction of sp³-hybridized carbons (Fsp3) is 0.233. The highest BCUT2D eigenvalue weighted by Gasteiger charge is 2.29. The molecular formula is C30H28FN3O4S. The van der Waals surface area contributed by atoms with E-state index in [0.29, 0.717) is 49.8 Å². The van der Waals surface area contributed by atoms with Crippen molar-refractivity contribution >= 4 is 41.4 Å². The van der Waals surface area contributed by atoms with Gasteiger partial charge in [0.2, 0.25) is 0 Å². The van der Waals surface area contributed by atoms with Crippen molar-refractivity contribution in [1.29, 1.82) is 0 Å². The molecule has 3 aromatic carbocycles. The fourth-order valence-electron chi connectivity index (χ4n) is 4.55. The van der Waals surface area contributed by atoms with Crippen molar-refractivity contribution in [1.82, 2.24) is 9.80 Å². The van der Waals surface area contributed by atoms with Crippen LogP contribution in [0.15, 0.2) is 82.6 Å². The molecule has 1 fully saturated rings. The number of halogens is 1. The Morgan fingerprint density at radius 1 is 0.923 bits per heavy atom. The predicted octanol–water partition coefficient (Wildman–Crippen LogP) is 5.42. The lowest BCUT2D eigenvalue weighted by Gasteiger charge is -2.34. The van der Waals surface area contributed by atoms with Crippen molar-refractivity contribution < 1.29 is 23.5 Å². The molecule has 0 spiro atoms. The minimum atomic E-state index is -0.351. The maximum atomic E-state index is 13.5. The van der Waals surface area contributed by atoms with Gasteiger partial charge in [-0.1, -0.05) is 48.2 Å². The number of carbonyl (C=O) groups excluding carboxylic acids is 3. The van der Waals surface area contributed by atoms with E-state index >= 15 is 0 Å². The van der Waals surface area contributed by atoms with Gasteiger partial charge < -0.3 is 19.4 Å². The van der Waals surface area contributed by atoms with E-state index in [1.54, 1.807) is 45.9 Å². The number of para-hydroxylation sites is 1. The fourth-order valence-corrected chi connectivity index (χ4v) is 5.61. The Morgan fingerprint density at radius 2 is 1.59 bits per heavy atom. The topological polar surface area (TPSA) is 70.2 Å². The van der Waals surface area contributed by atoms with Gasteiger partial charge in [0.15, 0.2) is 0 Å². The van der Waals surface area contributed by atoms with E-state index in [1.807, 2.05) is 42.5 Å². The van der Waals surface area contributed by atoms with E-state index in [1.165, 1.54) is 23.9 Å². The van der Waals surface area contributed by atoms with Gasteiger partial charge in [0.05, 0.1) is 23.7 Å². The van der Waals surface area contributed by atoms with Gasteiger partial charge in [0.25, 0.3) is 11.8 Å². The summed E-state index contributed by atoms with van der Waals surface area (Å²) >= 11 is 1.41. The number of hydrogen-bond acceptors (Lipinski definition) is 5. The highest BCUT2D eigenvalue weighted by Crippen LogP contribution is 2.42. The predicted molar refractivity (Wildman–Crippen MR) is 149 cm³/mol. The first-order valence-electron chi connectivity index (χ1n) is 12.8. The molecule has 0 aliphatic carbocycles. The third kappa shape index (κ3) is 5.98. The van der Waals surface area contributed by atoms with Gasteiger partial charge in [-0.2, -0.15) is 0 Å². The Morgan fingerprint density at radius 3 is 2.28 bits per heavy atom. The zero-order chi connectivity index (χ0) is 27.4. The summed E-state index contributed by atoms with van der Waals surface area (Å²) in [7, 11) is 0. The van der Waals surface area contributed by atoms with Crippen molar-refractivity contribution in [2.45, 2.75) is 18.4 Å². The minimum Gasteiger partial charge on any atom is -0.450 e. The maximum Gasteiger partial charge on any atom is 0.409 e. The molecule has 0 bridgehead atoms. The summed E-state index contributed by atoms with van der Waals surface area (Å²) in [5.74, 6) is -0.552. The van der Waals surface area contributed by atoms with Crippen LogP contribution in [0.4, 0.5) is 14.9 Å². The number of amides is 3. The molecule has 5 rings (SSSR count). The average molecular weight is 546 g/mol. The first kappa shape index (κ1) is 26.5. The second kappa shape index (κ2) is 11.7. The number of anilines is 1. The molecule has 3 aromatic rings. The van der Waals surface area contributed by atoms with Crippen LogP contribution in [0.1, 0.15) is 28.4 Å². The number of rotatable bonds is 5. The van der Waals surface area contributed by atoms with Crippen molar-refractivity contribution in [3.63, 3.8) is 0 Å². The van der Waals surface area contributed by atoms with Crippen LogP contribution in [0.2, 0.25) is 0 Å². The molecule has 9 heteroatoms. The molecule has 0 atom stereocenters. The largest absolute Gasteiger partial charge is 0.450 e. The van der Waals surface area contributed by atoms with Crippen LogP contribution in [0.5, 0.6) is 0 Å². The average Bonchev–Trinajstić information content (AvgIpc) is 2.96. The van der Waals surface area contributed by atoms with Crippen LogP contribution in [-0.4, -0.2) is 60.5 Å². The van der Waals surface area contributed by atoms with Crippen LogP contribution in [0, 0.1) is 5.82 Å². The summed E-state index contributed by atoms with van der Waals surface area (Å²) in [5.41, 5.74) is 3.00. The highest BCUT2D eigenvalue weighted by atomic mass is 32.2. The molecule has 2 aliphatic rings. The van der Waals surface area contributed by atoms with Gasteiger partial charge in [0.1, 0.15) is 5.82 Å². The van der Waals surface area contributed by atoms with Crippen molar-refractivity contribution in [3.05, 3.63) is 100 Å². The molecule has 0 unspecified atom stereocenters. The van der Waals surface area contributed by atoms with Crippen LogP contribution >= 0.6 is 11.8 Å². The second-order valence-corrected chi connectivity index (χ2v) is 10.3. The number of fused-ring (bicyclic) bond motifs is 1. The van der Waals surface area contributed by atoms with Crippen LogP contribution in [-0.2, 0) is 16.1 Å². The Labute approximate surface area is 230 Å². The normalized spacial score (nSPS) is 16.3. The Bertz CT molecular complexity index is 1400. The zero-order valence-corrected chi connectivity index (χ0v) is 22.3. The maximum absolute atomic E-state index is 13.5. The number of ether oxygens (including phenoxy) is 1. The number of thioether (sulfide) groups is 1. The first-order chi connectivity index (χ1) is 18.9. The minimum absolute atomic E-state index is 0.0970. The number of hydrogen-bond donors (Lipinski definition) is 0. The van der Waals surface area contributed by atoms with Crippen LogP contribution < -0.4 is 4.90 Å². The van der Waals surface area contributed by atoms with Crippen molar-refractivity contribution in [2.75, 3.05) is 37.7 Å². The second-order valence-electron chi connectivity index (χ2n) is 9.20. The lowest BCUT2D eigenvalue weighted by Crippen LogP contribution is -2.50. The third-order valence-electron chi connectivity index (χ3n) is 6.63. The lowest BCUT2D eigenvalue weighted by molar-refractivity contribution is -0.114. The Hall–Kier alpha value is -4.11. The summed E-state index contributed by atoms with van der Waals surface area (Å²) in [6.07, 6.45) is 1.48. The molecular weight excluding hydrogens is 517 g/mol. The molecule has 39 heavy (non-hydrogen) atoms. The van der Waals surface area contributed by atoms with Crippen LogP contribution in [0.3, 0.4) is 0 Å². The monoisotopic (exact) mass is 545 g/mol. The molecule has 200 valence electrons. The van der Waals surface area contributed by atoms with E-state index in [-0.39, 0.29) is 23.7 Å². The van der Waals surface area contributed by atoms with E-state index in [4.69, 9.17) is 4.74 Å². The summed E-state index contributed by atoms with van der Waals surface area (Å²) in [5, 5.41) is 0. The summed E-state index contributed by atoms with van der Waals surface area (Å²) < 4.78 is 18.4. The van der Waals surface area contributed by atoms with Gasteiger partial charge in [-0.25, -0.2) is 9.18 Å². The molecule has 3 amide bonds. The molecule has 0 aromatic heterocycles. The van der Waals surface area contributed by atoms with Gasteiger partial charge in [0, 0.05) is 36.6 Å². The quantitative estimate of drug-likeness (QED) is 0.401. The van der Waals surface area contributed by atoms with Gasteiger partial charge in [-0.05, 0) is 60.5 Å². The number of carbonyl (C=O) groups is 3. The van der Waals surface area contributed by atoms with Crippen molar-refractivity contribution in [2.24, 2.45) is 0 Å². The number of piperazine rings is 1. The Balaban J connectivity index is 1.30. The molecule has 7 nitrogen and oxygen atoms in total.